The second kappa shape index (κ2) is 8.12. The highest BCUT2D eigenvalue weighted by Gasteiger charge is 2.63. The maximum absolute atomic E-state index is 13.2. The Morgan fingerprint density at radius 1 is 1.00 bits per heavy atom. The first-order valence-electron chi connectivity index (χ1n) is 12.9. The fourth-order valence-corrected chi connectivity index (χ4v) is 8.37. The van der Waals surface area contributed by atoms with Crippen LogP contribution < -0.4 is 0 Å². The molecule has 0 spiro atoms. The van der Waals surface area contributed by atoms with Crippen molar-refractivity contribution in [2.45, 2.75) is 115 Å². The molecular formula is C27H44O6. The highest BCUT2D eigenvalue weighted by atomic mass is 16.3. The number of hydrogen-bond acceptors (Lipinski definition) is 6. The van der Waals surface area contributed by atoms with Crippen LogP contribution in [-0.4, -0.2) is 60.8 Å². The lowest BCUT2D eigenvalue weighted by Gasteiger charge is -2.58. The van der Waals surface area contributed by atoms with Gasteiger partial charge in [0.15, 0.2) is 5.78 Å². The van der Waals surface area contributed by atoms with Gasteiger partial charge in [0.2, 0.25) is 0 Å². The van der Waals surface area contributed by atoms with Crippen LogP contribution >= 0.6 is 0 Å². The van der Waals surface area contributed by atoms with Gasteiger partial charge in [-0.3, -0.25) is 4.79 Å². The zero-order valence-electron chi connectivity index (χ0n) is 20.9. The van der Waals surface area contributed by atoms with Crippen LogP contribution in [-0.2, 0) is 4.79 Å². The number of rotatable bonds is 5. The number of aliphatic hydroxyl groups is 5. The Balaban J connectivity index is 1.61. The lowest BCUT2D eigenvalue weighted by molar-refractivity contribution is -0.151. The van der Waals surface area contributed by atoms with Gasteiger partial charge in [0.25, 0.3) is 0 Å². The van der Waals surface area contributed by atoms with Gasteiger partial charge in [-0.1, -0.05) is 19.4 Å². The van der Waals surface area contributed by atoms with Gasteiger partial charge in [-0.2, -0.15) is 0 Å². The first kappa shape index (κ1) is 25.3. The molecule has 3 unspecified atom stereocenters. The molecular weight excluding hydrogens is 420 g/mol. The van der Waals surface area contributed by atoms with Gasteiger partial charge in [0.05, 0.1) is 29.5 Å². The molecule has 0 saturated heterocycles. The summed E-state index contributed by atoms with van der Waals surface area (Å²) in [4.78, 5) is 13.2. The highest BCUT2D eigenvalue weighted by molar-refractivity contribution is 5.94. The van der Waals surface area contributed by atoms with Gasteiger partial charge in [0, 0.05) is 5.92 Å². The van der Waals surface area contributed by atoms with Crippen molar-refractivity contribution in [3.63, 3.8) is 0 Å². The van der Waals surface area contributed by atoms with E-state index < -0.39 is 29.5 Å². The molecule has 3 saturated carbocycles. The molecule has 0 bridgehead atoms. The Kier molecular flexibility index (Phi) is 6.23. The molecule has 33 heavy (non-hydrogen) atoms. The molecule has 4 aliphatic carbocycles. The number of allylic oxidation sites excluding steroid dienone is 2. The van der Waals surface area contributed by atoms with Gasteiger partial charge in [0.1, 0.15) is 0 Å². The predicted octanol–water partition coefficient (Wildman–Crippen LogP) is 2.74. The van der Waals surface area contributed by atoms with Crippen LogP contribution in [0.15, 0.2) is 11.6 Å². The van der Waals surface area contributed by atoms with E-state index in [9.17, 15) is 30.3 Å². The van der Waals surface area contributed by atoms with Crippen LogP contribution in [0.3, 0.4) is 0 Å². The molecule has 6 heteroatoms. The second-order valence-corrected chi connectivity index (χ2v) is 13.1. The molecule has 0 radical (unpaired) electrons. The maximum atomic E-state index is 13.2. The average Bonchev–Trinajstić information content (AvgIpc) is 3.06. The van der Waals surface area contributed by atoms with E-state index in [2.05, 4.69) is 13.8 Å². The number of carbonyl (C=O) groups excluding carboxylic acids is 1. The molecule has 0 aliphatic heterocycles. The van der Waals surface area contributed by atoms with Crippen molar-refractivity contribution >= 4 is 5.78 Å². The number of carbonyl (C=O) groups is 1. The summed E-state index contributed by atoms with van der Waals surface area (Å²) < 4.78 is 0. The van der Waals surface area contributed by atoms with E-state index in [-0.39, 0.29) is 40.3 Å². The normalized spacial score (nSPS) is 46.0. The summed E-state index contributed by atoms with van der Waals surface area (Å²) in [6.45, 7) is 9.49. The van der Waals surface area contributed by atoms with Crippen LogP contribution in [0, 0.1) is 34.5 Å². The van der Waals surface area contributed by atoms with Crippen LogP contribution in [0.25, 0.3) is 0 Å². The van der Waals surface area contributed by atoms with E-state index >= 15 is 0 Å². The van der Waals surface area contributed by atoms with Crippen molar-refractivity contribution in [2.24, 2.45) is 34.5 Å². The molecule has 188 valence electrons. The van der Waals surface area contributed by atoms with Crippen molar-refractivity contribution in [2.75, 3.05) is 0 Å². The van der Waals surface area contributed by atoms with E-state index in [0.29, 0.717) is 25.7 Å². The molecule has 3 fully saturated rings. The lowest BCUT2D eigenvalue weighted by atomic mass is 9.47. The molecule has 0 aromatic rings. The fourth-order valence-electron chi connectivity index (χ4n) is 8.37. The minimum Gasteiger partial charge on any atom is -0.390 e. The van der Waals surface area contributed by atoms with Crippen LogP contribution in [0.4, 0.5) is 0 Å². The van der Waals surface area contributed by atoms with E-state index in [0.717, 1.165) is 25.7 Å². The number of ketones is 1. The molecule has 4 aliphatic rings. The zero-order valence-corrected chi connectivity index (χ0v) is 20.9. The second-order valence-electron chi connectivity index (χ2n) is 13.1. The predicted molar refractivity (Wildman–Crippen MR) is 125 cm³/mol. The third-order valence-electron chi connectivity index (χ3n) is 10.3. The Bertz CT molecular complexity index is 812. The minimum atomic E-state index is -1.28. The van der Waals surface area contributed by atoms with Crippen molar-refractivity contribution in [3.05, 3.63) is 11.6 Å². The molecule has 5 N–H and O–H groups in total. The Labute approximate surface area is 198 Å². The van der Waals surface area contributed by atoms with Gasteiger partial charge < -0.3 is 25.5 Å². The third-order valence-corrected chi connectivity index (χ3v) is 10.3. The smallest absolute Gasteiger partial charge is 0.159 e. The van der Waals surface area contributed by atoms with Crippen LogP contribution in [0.5, 0.6) is 0 Å². The molecule has 6 nitrogen and oxygen atoms in total. The Morgan fingerprint density at radius 3 is 2.27 bits per heavy atom. The number of fused-ring (bicyclic) bond motifs is 5. The summed E-state index contributed by atoms with van der Waals surface area (Å²) in [6.07, 6.45) is 4.21. The molecule has 10 atom stereocenters. The highest BCUT2D eigenvalue weighted by Crippen LogP contribution is 2.67. The van der Waals surface area contributed by atoms with Gasteiger partial charge >= 0.3 is 0 Å². The molecule has 4 rings (SSSR count). The van der Waals surface area contributed by atoms with Crippen LogP contribution in [0.1, 0.15) is 86.0 Å². The lowest BCUT2D eigenvalue weighted by Crippen LogP contribution is -2.57. The minimum absolute atomic E-state index is 0.0689. The van der Waals surface area contributed by atoms with Gasteiger partial charge in [-0.25, -0.2) is 0 Å². The van der Waals surface area contributed by atoms with E-state index in [1.807, 2.05) is 6.08 Å². The van der Waals surface area contributed by atoms with E-state index in [1.54, 1.807) is 20.8 Å². The maximum Gasteiger partial charge on any atom is 0.159 e. The van der Waals surface area contributed by atoms with E-state index in [1.165, 1.54) is 5.57 Å². The SMILES string of the molecule is CC(C)(O)CC[C@@H](O)[C@](C)(O)C1CCC2C3=CC(=O)[C@@H]4C[C@@H](O)[C@@H](O)C[C@]4(C)C3CC[C@@]21C. The summed E-state index contributed by atoms with van der Waals surface area (Å²) in [5.74, 6) is 0.0783. The first-order chi connectivity index (χ1) is 15.1. The standard InChI is InChI=1S/C27H44O6/c1-24(2,32)10-9-23(31)27(5,33)22-7-6-16-15-12-19(28)18-13-20(29)21(30)14-26(18,4)17(15)8-11-25(16,22)3/h12,16-18,20-23,29-33H,6-11,13-14H2,1-5H3/t16?,17?,18-,20+,21-,22?,23+,25-,26+,27+/m0/s1. The van der Waals surface area contributed by atoms with E-state index in [4.69, 9.17) is 0 Å². The fraction of sp³-hybridized carbons (Fsp3) is 0.889. The Morgan fingerprint density at radius 2 is 1.64 bits per heavy atom. The topological polar surface area (TPSA) is 118 Å². The number of hydrogen-bond donors (Lipinski definition) is 5. The summed E-state index contributed by atoms with van der Waals surface area (Å²) in [5.41, 5.74) is -1.58. The monoisotopic (exact) mass is 464 g/mol. The molecule has 0 aromatic heterocycles. The van der Waals surface area contributed by atoms with Crippen molar-refractivity contribution in [1.29, 1.82) is 0 Å². The summed E-state index contributed by atoms with van der Waals surface area (Å²) >= 11 is 0. The third kappa shape index (κ3) is 4.04. The molecule has 0 heterocycles. The zero-order chi connectivity index (χ0) is 24.6. The summed E-state index contributed by atoms with van der Waals surface area (Å²) in [7, 11) is 0. The van der Waals surface area contributed by atoms with Crippen molar-refractivity contribution in [3.8, 4) is 0 Å². The van der Waals surface area contributed by atoms with Crippen LogP contribution in [0.2, 0.25) is 0 Å². The molecule has 0 aromatic carbocycles. The van der Waals surface area contributed by atoms with Crippen molar-refractivity contribution < 1.29 is 30.3 Å². The summed E-state index contributed by atoms with van der Waals surface area (Å²) in [5, 5.41) is 53.3. The molecule has 0 amide bonds. The Hall–Kier alpha value is -0.790. The van der Waals surface area contributed by atoms with Gasteiger partial charge in [-0.15, -0.1) is 0 Å². The first-order valence-corrected chi connectivity index (χ1v) is 12.9. The van der Waals surface area contributed by atoms with Crippen molar-refractivity contribution in [1.82, 2.24) is 0 Å². The summed E-state index contributed by atoms with van der Waals surface area (Å²) in [6, 6.07) is 0. The number of aliphatic hydroxyl groups excluding tert-OH is 3. The quantitative estimate of drug-likeness (QED) is 0.427. The average molecular weight is 465 g/mol. The largest absolute Gasteiger partial charge is 0.390 e. The van der Waals surface area contributed by atoms with Gasteiger partial charge in [-0.05, 0) is 107 Å².